The van der Waals surface area contributed by atoms with Crippen molar-refractivity contribution in [3.05, 3.63) is 18.2 Å². The van der Waals surface area contributed by atoms with Crippen LogP contribution in [0.25, 0.3) is 0 Å². The van der Waals surface area contributed by atoms with Crippen molar-refractivity contribution in [1.29, 1.82) is 0 Å². The summed E-state index contributed by atoms with van der Waals surface area (Å²) in [5.41, 5.74) is 0.580. The van der Waals surface area contributed by atoms with Gasteiger partial charge >= 0.3 is 6.09 Å². The topological polar surface area (TPSA) is 77.1 Å². The first-order valence-electron chi connectivity index (χ1n) is 6.35. The maximum atomic E-state index is 11.8. The summed E-state index contributed by atoms with van der Waals surface area (Å²) >= 11 is 0. The largest absolute Gasteiger partial charge is 0.497 e. The number of nitrogens with zero attached hydrogens (tertiary/aromatic N) is 1. The molecule has 2 amide bonds. The number of hydrogen-bond donors (Lipinski definition) is 1. The molecule has 0 heterocycles. The second-order valence-electron chi connectivity index (χ2n) is 4.13. The van der Waals surface area contributed by atoms with Gasteiger partial charge in [-0.25, -0.2) is 4.79 Å². The van der Waals surface area contributed by atoms with Crippen molar-refractivity contribution in [2.75, 3.05) is 39.3 Å². The van der Waals surface area contributed by atoms with E-state index in [0.717, 1.165) is 0 Å². The van der Waals surface area contributed by atoms with Gasteiger partial charge in [-0.1, -0.05) is 0 Å². The van der Waals surface area contributed by atoms with Gasteiger partial charge in [-0.05, 0) is 12.1 Å². The highest BCUT2D eigenvalue weighted by atomic mass is 16.5. The second kappa shape index (κ2) is 7.98. The third kappa shape index (κ3) is 4.55. The van der Waals surface area contributed by atoms with E-state index in [9.17, 15) is 9.59 Å². The standard InChI is InChI=1S/C14H20N2O5/c1-10(17)16(8-7-15-14(18)21-4)12-9-11(19-2)5-6-13(12)20-3/h5-6,9H,7-8H2,1-4H3,(H,15,18). The molecule has 0 radical (unpaired) electrons. The zero-order valence-electron chi connectivity index (χ0n) is 12.6. The van der Waals surface area contributed by atoms with Gasteiger partial charge in [0.1, 0.15) is 11.5 Å². The molecule has 1 N–H and O–H groups in total. The third-order valence-corrected chi connectivity index (χ3v) is 2.85. The lowest BCUT2D eigenvalue weighted by molar-refractivity contribution is -0.116. The van der Waals surface area contributed by atoms with Gasteiger partial charge in [0.05, 0.1) is 27.0 Å². The average molecular weight is 296 g/mol. The first-order valence-corrected chi connectivity index (χ1v) is 6.35. The van der Waals surface area contributed by atoms with Gasteiger partial charge in [0.2, 0.25) is 5.91 Å². The molecule has 0 saturated heterocycles. The van der Waals surface area contributed by atoms with E-state index in [1.54, 1.807) is 25.3 Å². The fourth-order valence-electron chi connectivity index (χ4n) is 1.80. The van der Waals surface area contributed by atoms with E-state index in [4.69, 9.17) is 9.47 Å². The van der Waals surface area contributed by atoms with Gasteiger partial charge in [-0.15, -0.1) is 0 Å². The van der Waals surface area contributed by atoms with E-state index < -0.39 is 6.09 Å². The van der Waals surface area contributed by atoms with Crippen molar-refractivity contribution < 1.29 is 23.8 Å². The SMILES string of the molecule is COC(=O)NCCN(C(C)=O)c1cc(OC)ccc1OC. The Balaban J connectivity index is 2.94. The first kappa shape index (κ1) is 16.6. The summed E-state index contributed by atoms with van der Waals surface area (Å²) in [6, 6.07) is 5.17. The van der Waals surface area contributed by atoms with E-state index >= 15 is 0 Å². The van der Waals surface area contributed by atoms with E-state index in [1.807, 2.05) is 0 Å². The number of anilines is 1. The maximum Gasteiger partial charge on any atom is 0.406 e. The van der Waals surface area contributed by atoms with Gasteiger partial charge in [0.25, 0.3) is 0 Å². The summed E-state index contributed by atoms with van der Waals surface area (Å²) in [6.45, 7) is 1.98. The van der Waals surface area contributed by atoms with Crippen LogP contribution in [0.1, 0.15) is 6.92 Å². The van der Waals surface area contributed by atoms with Crippen LogP contribution < -0.4 is 19.7 Å². The zero-order chi connectivity index (χ0) is 15.8. The number of nitrogens with one attached hydrogen (secondary N) is 1. The molecule has 116 valence electrons. The lowest BCUT2D eigenvalue weighted by Gasteiger charge is -2.23. The van der Waals surface area contributed by atoms with Crippen LogP contribution in [0, 0.1) is 0 Å². The van der Waals surface area contributed by atoms with Gasteiger partial charge in [-0.3, -0.25) is 4.79 Å². The van der Waals surface area contributed by atoms with Crippen LogP contribution in [0.2, 0.25) is 0 Å². The Morgan fingerprint density at radius 3 is 2.43 bits per heavy atom. The van der Waals surface area contributed by atoms with Crippen LogP contribution in [0.4, 0.5) is 10.5 Å². The molecule has 21 heavy (non-hydrogen) atoms. The molecular weight excluding hydrogens is 276 g/mol. The minimum Gasteiger partial charge on any atom is -0.497 e. The molecule has 0 unspecified atom stereocenters. The predicted octanol–water partition coefficient (Wildman–Crippen LogP) is 1.41. The summed E-state index contributed by atoms with van der Waals surface area (Å²) in [6.07, 6.45) is -0.545. The number of amides is 2. The molecule has 1 rings (SSSR count). The molecule has 0 bridgehead atoms. The van der Waals surface area contributed by atoms with Crippen LogP contribution in [0.3, 0.4) is 0 Å². The highest BCUT2D eigenvalue weighted by Crippen LogP contribution is 2.32. The highest BCUT2D eigenvalue weighted by molar-refractivity contribution is 5.93. The van der Waals surface area contributed by atoms with Crippen molar-refractivity contribution >= 4 is 17.7 Å². The average Bonchev–Trinajstić information content (AvgIpc) is 2.50. The predicted molar refractivity (Wildman–Crippen MR) is 78.0 cm³/mol. The third-order valence-electron chi connectivity index (χ3n) is 2.85. The lowest BCUT2D eigenvalue weighted by atomic mass is 10.2. The van der Waals surface area contributed by atoms with Crippen LogP contribution in [-0.4, -0.2) is 46.4 Å². The molecular formula is C14H20N2O5. The summed E-state index contributed by atoms with van der Waals surface area (Å²) in [4.78, 5) is 24.4. The van der Waals surface area contributed by atoms with E-state index in [0.29, 0.717) is 17.2 Å². The van der Waals surface area contributed by atoms with Gasteiger partial charge in [-0.2, -0.15) is 0 Å². The number of alkyl carbamates (subject to hydrolysis) is 1. The second-order valence-corrected chi connectivity index (χ2v) is 4.13. The van der Waals surface area contributed by atoms with Gasteiger partial charge in [0, 0.05) is 26.1 Å². The minimum atomic E-state index is -0.545. The Kier molecular flexibility index (Phi) is 6.32. The number of carbonyl (C=O) groups is 2. The molecule has 0 aliphatic carbocycles. The summed E-state index contributed by atoms with van der Waals surface area (Å²) in [5.74, 6) is 0.982. The van der Waals surface area contributed by atoms with Gasteiger partial charge < -0.3 is 24.4 Å². The number of benzene rings is 1. The fourth-order valence-corrected chi connectivity index (χ4v) is 1.80. The Bertz CT molecular complexity index is 504. The van der Waals surface area contributed by atoms with Crippen LogP contribution in [0.15, 0.2) is 18.2 Å². The lowest BCUT2D eigenvalue weighted by Crippen LogP contribution is -2.37. The quantitative estimate of drug-likeness (QED) is 0.859. The Morgan fingerprint density at radius 1 is 1.19 bits per heavy atom. The molecule has 0 aliphatic heterocycles. The zero-order valence-corrected chi connectivity index (χ0v) is 12.6. The minimum absolute atomic E-state index is 0.173. The number of rotatable bonds is 6. The Hall–Kier alpha value is -2.44. The summed E-state index contributed by atoms with van der Waals surface area (Å²) < 4.78 is 14.9. The molecule has 7 nitrogen and oxygen atoms in total. The molecule has 0 saturated carbocycles. The number of ether oxygens (including phenoxy) is 3. The first-order chi connectivity index (χ1) is 10.0. The van der Waals surface area contributed by atoms with Crippen LogP contribution >= 0.6 is 0 Å². The highest BCUT2D eigenvalue weighted by Gasteiger charge is 2.17. The molecule has 0 fully saturated rings. The summed E-state index contributed by atoms with van der Waals surface area (Å²) in [5, 5.41) is 2.53. The van der Waals surface area contributed by atoms with Crippen LogP contribution in [-0.2, 0) is 9.53 Å². The maximum absolute atomic E-state index is 11.8. The summed E-state index contributed by atoms with van der Waals surface area (Å²) in [7, 11) is 4.35. The fraction of sp³-hybridized carbons (Fsp3) is 0.429. The van der Waals surface area contributed by atoms with Gasteiger partial charge in [0.15, 0.2) is 0 Å². The van der Waals surface area contributed by atoms with Crippen molar-refractivity contribution in [2.24, 2.45) is 0 Å². The Morgan fingerprint density at radius 2 is 1.90 bits per heavy atom. The smallest absolute Gasteiger partial charge is 0.406 e. The molecule has 0 atom stereocenters. The molecule has 1 aromatic rings. The molecule has 0 spiro atoms. The van der Waals surface area contributed by atoms with E-state index in [-0.39, 0.29) is 19.0 Å². The molecule has 0 aliphatic rings. The van der Waals surface area contributed by atoms with Crippen molar-refractivity contribution in [1.82, 2.24) is 5.32 Å². The van der Waals surface area contributed by atoms with Crippen molar-refractivity contribution in [3.8, 4) is 11.5 Å². The van der Waals surface area contributed by atoms with E-state index in [1.165, 1.54) is 26.0 Å². The number of methoxy groups -OCH3 is 3. The monoisotopic (exact) mass is 296 g/mol. The molecule has 1 aromatic carbocycles. The van der Waals surface area contributed by atoms with Crippen LogP contribution in [0.5, 0.6) is 11.5 Å². The van der Waals surface area contributed by atoms with E-state index in [2.05, 4.69) is 10.1 Å². The molecule has 7 heteroatoms. The Labute approximate surface area is 123 Å². The molecule has 0 aromatic heterocycles. The number of hydrogen-bond acceptors (Lipinski definition) is 5. The van der Waals surface area contributed by atoms with Crippen molar-refractivity contribution in [2.45, 2.75) is 6.92 Å². The van der Waals surface area contributed by atoms with Crippen molar-refractivity contribution in [3.63, 3.8) is 0 Å². The normalized spacial score (nSPS) is 9.71. The number of carbonyl (C=O) groups excluding carboxylic acids is 2.